The summed E-state index contributed by atoms with van der Waals surface area (Å²) < 4.78 is 40.1. The van der Waals surface area contributed by atoms with Crippen molar-refractivity contribution in [3.8, 4) is 12.3 Å². The number of hydrogen-bond donors (Lipinski definition) is 1. The third-order valence-electron chi connectivity index (χ3n) is 9.57. The van der Waals surface area contributed by atoms with Crippen LogP contribution in [0.4, 0.5) is 18.9 Å². The number of amides is 1. The molecule has 4 aliphatic rings. The molecule has 2 fully saturated rings. The van der Waals surface area contributed by atoms with Crippen LogP contribution >= 0.6 is 0 Å². The fraction of sp³-hybridized carbons (Fsp3) is 0.533. The number of halogens is 3. The second-order valence-electron chi connectivity index (χ2n) is 11.5. The maximum Gasteiger partial charge on any atom is 0.471 e. The van der Waals surface area contributed by atoms with Gasteiger partial charge in [-0.25, -0.2) is 0 Å². The zero-order valence-corrected chi connectivity index (χ0v) is 21.5. The van der Waals surface area contributed by atoms with E-state index in [1.807, 2.05) is 25.9 Å². The second kappa shape index (κ2) is 8.79. The van der Waals surface area contributed by atoms with Crippen LogP contribution < -0.4 is 10.2 Å². The SMILES string of the molecule is C#C[C@]1(NC(=O)C(F)(F)F)CC[C@H]2[C@@H]3CCC4=CC(=O)CCC4=C3[C@@H](c3ccc(N(C)C)cc3)C[C@@]21C. The van der Waals surface area contributed by atoms with Crippen LogP contribution in [0.2, 0.25) is 0 Å². The second-order valence-corrected chi connectivity index (χ2v) is 11.5. The van der Waals surface area contributed by atoms with E-state index < -0.39 is 23.0 Å². The Kier molecular flexibility index (Phi) is 6.09. The summed E-state index contributed by atoms with van der Waals surface area (Å²) in [6.45, 7) is 1.99. The molecule has 0 aromatic heterocycles. The maximum absolute atomic E-state index is 13.4. The highest BCUT2D eigenvalue weighted by atomic mass is 19.4. The van der Waals surface area contributed by atoms with Crippen LogP contribution in [0.25, 0.3) is 0 Å². The van der Waals surface area contributed by atoms with Crippen LogP contribution in [-0.2, 0) is 9.59 Å². The first-order chi connectivity index (χ1) is 17.4. The fourth-order valence-electron chi connectivity index (χ4n) is 7.73. The maximum atomic E-state index is 13.4. The van der Waals surface area contributed by atoms with Gasteiger partial charge in [-0.2, -0.15) is 13.2 Å². The number of rotatable bonds is 3. The van der Waals surface area contributed by atoms with Crippen molar-refractivity contribution in [3.63, 3.8) is 0 Å². The number of ketones is 1. The Balaban J connectivity index is 1.64. The minimum absolute atomic E-state index is 0.0519. The molecular formula is C30H33F3N2O2. The molecule has 0 radical (unpaired) electrons. The lowest BCUT2D eigenvalue weighted by Gasteiger charge is -2.55. The van der Waals surface area contributed by atoms with Crippen molar-refractivity contribution in [2.75, 3.05) is 19.0 Å². The average Bonchev–Trinajstić information content (AvgIpc) is 3.14. The zero-order chi connectivity index (χ0) is 26.8. The number of nitrogens with zero attached hydrogens (tertiary/aromatic N) is 1. The number of carbonyl (C=O) groups is 2. The van der Waals surface area contributed by atoms with E-state index in [-0.39, 0.29) is 23.5 Å². The van der Waals surface area contributed by atoms with Crippen LogP contribution in [-0.4, -0.2) is 37.5 Å². The summed E-state index contributed by atoms with van der Waals surface area (Å²) in [7, 11) is 3.95. The molecule has 37 heavy (non-hydrogen) atoms. The number of allylic oxidation sites excluding steroid dienone is 4. The first kappa shape index (κ1) is 25.6. The molecule has 5 atom stereocenters. The van der Waals surface area contributed by atoms with Crippen LogP contribution in [0.3, 0.4) is 0 Å². The molecule has 5 rings (SSSR count). The van der Waals surface area contributed by atoms with Crippen molar-refractivity contribution in [1.82, 2.24) is 5.32 Å². The standard InChI is InChI=1S/C30H33F3N2O2/c1-5-29(34-27(37)30(31,32)33)15-14-25-23-12-8-19-16-21(36)11-13-22(19)26(23)24(17-28(25,29)2)18-6-9-20(10-7-18)35(3)4/h1,6-7,9-10,16,23-25H,8,11-15,17H2,2-4H3,(H,34,37)/t23-,24+,25-,28-,29-/m0/s1. The number of terminal acetylenes is 1. The van der Waals surface area contributed by atoms with Crippen LogP contribution in [0, 0.1) is 29.6 Å². The van der Waals surface area contributed by atoms with E-state index in [1.165, 1.54) is 11.1 Å². The number of hydrogen-bond acceptors (Lipinski definition) is 3. The largest absolute Gasteiger partial charge is 0.471 e. The molecule has 4 aliphatic carbocycles. The number of carbonyl (C=O) groups excluding carboxylic acids is 2. The summed E-state index contributed by atoms with van der Waals surface area (Å²) in [6, 6.07) is 8.31. The minimum Gasteiger partial charge on any atom is -0.378 e. The van der Waals surface area contributed by atoms with Gasteiger partial charge >= 0.3 is 12.1 Å². The molecule has 0 saturated heterocycles. The monoisotopic (exact) mass is 510 g/mol. The smallest absolute Gasteiger partial charge is 0.378 e. The summed E-state index contributed by atoms with van der Waals surface area (Å²) >= 11 is 0. The summed E-state index contributed by atoms with van der Waals surface area (Å²) in [4.78, 5) is 26.4. The van der Waals surface area contributed by atoms with Crippen molar-refractivity contribution in [2.24, 2.45) is 17.3 Å². The predicted octanol–water partition coefficient (Wildman–Crippen LogP) is 5.70. The molecule has 0 unspecified atom stereocenters. The molecule has 7 heteroatoms. The van der Waals surface area contributed by atoms with Crippen molar-refractivity contribution >= 4 is 17.4 Å². The van der Waals surface area contributed by atoms with E-state index in [0.717, 1.165) is 29.7 Å². The van der Waals surface area contributed by atoms with Gasteiger partial charge in [-0.3, -0.25) is 9.59 Å². The third-order valence-corrected chi connectivity index (χ3v) is 9.57. The molecule has 0 spiro atoms. The van der Waals surface area contributed by atoms with Gasteiger partial charge in [-0.15, -0.1) is 6.42 Å². The van der Waals surface area contributed by atoms with Gasteiger partial charge in [0.25, 0.3) is 0 Å². The average molecular weight is 511 g/mol. The third kappa shape index (κ3) is 4.00. The first-order valence-electron chi connectivity index (χ1n) is 13.0. The normalized spacial score (nSPS) is 33.1. The van der Waals surface area contributed by atoms with E-state index in [2.05, 4.69) is 35.5 Å². The Morgan fingerprint density at radius 3 is 2.46 bits per heavy atom. The van der Waals surface area contributed by atoms with Gasteiger partial charge in [0.1, 0.15) is 5.54 Å². The highest BCUT2D eigenvalue weighted by Crippen LogP contribution is 2.66. The van der Waals surface area contributed by atoms with Crippen molar-refractivity contribution < 1.29 is 22.8 Å². The van der Waals surface area contributed by atoms with Gasteiger partial charge in [-0.05, 0) is 85.3 Å². The highest BCUT2D eigenvalue weighted by Gasteiger charge is 2.64. The summed E-state index contributed by atoms with van der Waals surface area (Å²) in [5.74, 6) is 1.00. The number of fused-ring (bicyclic) bond motifs is 4. The van der Waals surface area contributed by atoms with Crippen molar-refractivity contribution in [1.29, 1.82) is 0 Å². The van der Waals surface area contributed by atoms with E-state index in [9.17, 15) is 22.8 Å². The van der Waals surface area contributed by atoms with Gasteiger partial charge in [0.15, 0.2) is 5.78 Å². The molecule has 0 heterocycles. The molecule has 1 amide bonds. The number of anilines is 1. The summed E-state index contributed by atoms with van der Waals surface area (Å²) in [6.07, 6.45) is 7.10. The molecule has 2 saturated carbocycles. The number of benzene rings is 1. The van der Waals surface area contributed by atoms with Gasteiger partial charge in [0.2, 0.25) is 0 Å². The molecule has 1 N–H and O–H groups in total. The van der Waals surface area contributed by atoms with E-state index in [0.29, 0.717) is 32.1 Å². The Bertz CT molecular complexity index is 1240. The lowest BCUT2D eigenvalue weighted by molar-refractivity contribution is -0.176. The van der Waals surface area contributed by atoms with E-state index in [4.69, 9.17) is 6.42 Å². The Morgan fingerprint density at radius 2 is 1.84 bits per heavy atom. The Morgan fingerprint density at radius 1 is 1.14 bits per heavy atom. The zero-order valence-electron chi connectivity index (χ0n) is 21.5. The van der Waals surface area contributed by atoms with Gasteiger partial charge in [-0.1, -0.05) is 30.6 Å². The molecule has 1 aromatic carbocycles. The quantitative estimate of drug-likeness (QED) is 0.531. The number of alkyl halides is 3. The van der Waals surface area contributed by atoms with Crippen LogP contribution in [0.5, 0.6) is 0 Å². The van der Waals surface area contributed by atoms with Crippen LogP contribution in [0.15, 0.2) is 47.1 Å². The minimum atomic E-state index is -5.00. The summed E-state index contributed by atoms with van der Waals surface area (Å²) in [5.41, 5.74) is 3.77. The highest BCUT2D eigenvalue weighted by molar-refractivity contribution is 5.93. The molecule has 1 aromatic rings. The first-order valence-corrected chi connectivity index (χ1v) is 13.0. The molecule has 0 bridgehead atoms. The van der Waals surface area contributed by atoms with E-state index in [1.54, 1.807) is 6.08 Å². The molecular weight excluding hydrogens is 477 g/mol. The number of nitrogens with one attached hydrogen (secondary N) is 1. The van der Waals surface area contributed by atoms with Crippen molar-refractivity contribution in [3.05, 3.63) is 52.6 Å². The van der Waals surface area contributed by atoms with Gasteiger partial charge in [0.05, 0.1) is 0 Å². The molecule has 0 aliphatic heterocycles. The Labute approximate surface area is 216 Å². The summed E-state index contributed by atoms with van der Waals surface area (Å²) in [5, 5.41) is 2.30. The lowest BCUT2D eigenvalue weighted by atomic mass is 9.50. The fourth-order valence-corrected chi connectivity index (χ4v) is 7.73. The van der Waals surface area contributed by atoms with Gasteiger partial charge in [0, 0.05) is 37.5 Å². The van der Waals surface area contributed by atoms with E-state index >= 15 is 0 Å². The van der Waals surface area contributed by atoms with Crippen molar-refractivity contribution in [2.45, 2.75) is 69.5 Å². The van der Waals surface area contributed by atoms with Crippen LogP contribution in [0.1, 0.15) is 63.4 Å². The molecule has 4 nitrogen and oxygen atoms in total. The van der Waals surface area contributed by atoms with Gasteiger partial charge < -0.3 is 10.2 Å². The topological polar surface area (TPSA) is 49.4 Å². The lowest BCUT2D eigenvalue weighted by Crippen LogP contribution is -2.61. The molecule has 196 valence electrons. The Hall–Kier alpha value is -3.01. The predicted molar refractivity (Wildman–Crippen MR) is 137 cm³/mol.